The van der Waals surface area contributed by atoms with Gasteiger partial charge in [0, 0.05) is 5.56 Å². The van der Waals surface area contributed by atoms with E-state index in [9.17, 15) is 5.11 Å². The molecule has 0 saturated heterocycles. The molecular weight excluding hydrogens is 232 g/mol. The van der Waals surface area contributed by atoms with Gasteiger partial charge >= 0.3 is 0 Å². The van der Waals surface area contributed by atoms with Gasteiger partial charge in [0.05, 0.1) is 0 Å². The minimum Gasteiger partial charge on any atom is -0.508 e. The predicted molar refractivity (Wildman–Crippen MR) is 81.7 cm³/mol. The summed E-state index contributed by atoms with van der Waals surface area (Å²) in [5.74, 6) is 0.417. The fourth-order valence-corrected chi connectivity index (χ4v) is 2.75. The summed E-state index contributed by atoms with van der Waals surface area (Å²) < 4.78 is 0. The number of aromatic hydroxyl groups is 1. The number of phenols is 1. The first kappa shape index (κ1) is 13.7. The Kier molecular flexibility index (Phi) is 4.26. The lowest BCUT2D eigenvalue weighted by Crippen LogP contribution is -1.98. The maximum Gasteiger partial charge on any atom is 0.119 e. The molecule has 100 valence electrons. The minimum atomic E-state index is 0.417. The van der Waals surface area contributed by atoms with Crippen molar-refractivity contribution in [1.82, 2.24) is 0 Å². The number of hydrogen-bond donors (Lipinski definition) is 1. The zero-order valence-corrected chi connectivity index (χ0v) is 12.0. The highest BCUT2D eigenvalue weighted by Gasteiger charge is 2.14. The number of aryl methyl sites for hydroxylation is 2. The fourth-order valence-electron chi connectivity index (χ4n) is 2.75. The van der Waals surface area contributed by atoms with Crippen molar-refractivity contribution in [3.63, 3.8) is 0 Å². The lowest BCUT2D eigenvalue weighted by Gasteiger charge is -2.17. The molecule has 0 amide bonds. The number of phenolic OH excluding ortho intramolecular Hbond substituents is 1. The van der Waals surface area contributed by atoms with Gasteiger partial charge in [0.25, 0.3) is 0 Å². The lowest BCUT2D eigenvalue weighted by molar-refractivity contribution is 0.469. The molecule has 0 spiro atoms. The lowest BCUT2D eigenvalue weighted by atomic mass is 9.88. The van der Waals surface area contributed by atoms with E-state index in [1.807, 2.05) is 6.07 Å². The Labute approximate surface area is 115 Å². The second-order valence-electron chi connectivity index (χ2n) is 4.82. The van der Waals surface area contributed by atoms with E-state index in [-0.39, 0.29) is 0 Å². The molecule has 0 aromatic heterocycles. The van der Waals surface area contributed by atoms with Crippen LogP contribution >= 0.6 is 0 Å². The maximum atomic E-state index is 10.1. The van der Waals surface area contributed by atoms with Gasteiger partial charge in [0.2, 0.25) is 0 Å². The summed E-state index contributed by atoms with van der Waals surface area (Å²) in [7, 11) is 0. The van der Waals surface area contributed by atoms with Gasteiger partial charge < -0.3 is 5.11 Å². The smallest absolute Gasteiger partial charge is 0.119 e. The molecule has 1 heteroatoms. The first-order valence-corrected chi connectivity index (χ1v) is 7.14. The molecule has 0 aliphatic carbocycles. The topological polar surface area (TPSA) is 20.2 Å². The second kappa shape index (κ2) is 5.92. The standard InChI is InChI=1S/C18H22O/c1-4-13-9-7-8-10-16(13)18-14(5-2)11-12-17(19)15(18)6-3/h7-12,19H,4-6H2,1-3H3. The first-order chi connectivity index (χ1) is 9.22. The molecule has 0 heterocycles. The third-order valence-electron chi connectivity index (χ3n) is 3.78. The zero-order valence-electron chi connectivity index (χ0n) is 12.0. The molecule has 1 N–H and O–H groups in total. The van der Waals surface area contributed by atoms with Crippen LogP contribution in [0.4, 0.5) is 0 Å². The van der Waals surface area contributed by atoms with E-state index in [0.29, 0.717) is 5.75 Å². The summed E-state index contributed by atoms with van der Waals surface area (Å²) >= 11 is 0. The van der Waals surface area contributed by atoms with Crippen LogP contribution in [0.25, 0.3) is 11.1 Å². The molecule has 0 aliphatic rings. The van der Waals surface area contributed by atoms with Crippen LogP contribution < -0.4 is 0 Å². The van der Waals surface area contributed by atoms with Gasteiger partial charge in [-0.25, -0.2) is 0 Å². The highest BCUT2D eigenvalue weighted by atomic mass is 16.3. The van der Waals surface area contributed by atoms with Crippen molar-refractivity contribution in [1.29, 1.82) is 0 Å². The molecule has 0 saturated carbocycles. The van der Waals surface area contributed by atoms with Crippen molar-refractivity contribution < 1.29 is 5.11 Å². The molecule has 0 unspecified atom stereocenters. The van der Waals surface area contributed by atoms with Gasteiger partial charge in [0.15, 0.2) is 0 Å². The molecule has 0 fully saturated rings. The molecule has 0 aliphatic heterocycles. The number of hydrogen-bond acceptors (Lipinski definition) is 1. The molecule has 1 nitrogen and oxygen atoms in total. The molecule has 2 aromatic carbocycles. The highest BCUT2D eigenvalue weighted by molar-refractivity contribution is 5.76. The van der Waals surface area contributed by atoms with Gasteiger partial charge in [0.1, 0.15) is 5.75 Å². The van der Waals surface area contributed by atoms with E-state index in [1.54, 1.807) is 0 Å². The molecule has 2 aromatic rings. The average molecular weight is 254 g/mol. The summed E-state index contributed by atoms with van der Waals surface area (Å²) in [6, 6.07) is 12.4. The van der Waals surface area contributed by atoms with E-state index in [1.165, 1.54) is 22.3 Å². The van der Waals surface area contributed by atoms with Crippen LogP contribution in [0.1, 0.15) is 37.5 Å². The van der Waals surface area contributed by atoms with E-state index < -0.39 is 0 Å². The van der Waals surface area contributed by atoms with Gasteiger partial charge in [-0.1, -0.05) is 51.1 Å². The van der Waals surface area contributed by atoms with Crippen LogP contribution in [0, 0.1) is 0 Å². The molecule has 0 radical (unpaired) electrons. The Bertz CT molecular complexity index is 570. The van der Waals surface area contributed by atoms with Crippen molar-refractivity contribution in [2.24, 2.45) is 0 Å². The maximum absolute atomic E-state index is 10.1. The van der Waals surface area contributed by atoms with Crippen LogP contribution in [-0.4, -0.2) is 5.11 Å². The Morgan fingerprint density at radius 1 is 0.789 bits per heavy atom. The molecule has 19 heavy (non-hydrogen) atoms. The summed E-state index contributed by atoms with van der Waals surface area (Å²) in [5.41, 5.74) is 6.24. The minimum absolute atomic E-state index is 0.417. The molecular formula is C18H22O. The van der Waals surface area contributed by atoms with Crippen molar-refractivity contribution in [3.05, 3.63) is 53.1 Å². The van der Waals surface area contributed by atoms with E-state index in [4.69, 9.17) is 0 Å². The third kappa shape index (κ3) is 2.51. The molecule has 2 rings (SSSR count). The Morgan fingerprint density at radius 2 is 1.47 bits per heavy atom. The summed E-state index contributed by atoms with van der Waals surface area (Å²) in [6.07, 6.45) is 2.85. The number of rotatable bonds is 4. The van der Waals surface area contributed by atoms with Gasteiger partial charge in [-0.05, 0) is 47.6 Å². The summed E-state index contributed by atoms with van der Waals surface area (Å²) in [5, 5.41) is 10.1. The zero-order chi connectivity index (χ0) is 13.8. The summed E-state index contributed by atoms with van der Waals surface area (Å²) in [4.78, 5) is 0. The van der Waals surface area contributed by atoms with Crippen LogP contribution in [0.5, 0.6) is 5.75 Å². The summed E-state index contributed by atoms with van der Waals surface area (Å²) in [6.45, 7) is 6.45. The van der Waals surface area contributed by atoms with Crippen LogP contribution in [0.2, 0.25) is 0 Å². The number of benzene rings is 2. The van der Waals surface area contributed by atoms with Crippen LogP contribution in [0.15, 0.2) is 36.4 Å². The Morgan fingerprint density at radius 3 is 2.11 bits per heavy atom. The van der Waals surface area contributed by atoms with E-state index in [0.717, 1.165) is 24.8 Å². The van der Waals surface area contributed by atoms with E-state index in [2.05, 4.69) is 51.1 Å². The first-order valence-electron chi connectivity index (χ1n) is 7.14. The van der Waals surface area contributed by atoms with Gasteiger partial charge in [-0.2, -0.15) is 0 Å². The normalized spacial score (nSPS) is 10.7. The quantitative estimate of drug-likeness (QED) is 0.835. The predicted octanol–water partition coefficient (Wildman–Crippen LogP) is 4.75. The Hall–Kier alpha value is -1.76. The Balaban J connectivity index is 2.76. The van der Waals surface area contributed by atoms with Crippen molar-refractivity contribution in [3.8, 4) is 16.9 Å². The third-order valence-corrected chi connectivity index (χ3v) is 3.78. The fraction of sp³-hybridized carbons (Fsp3) is 0.333. The van der Waals surface area contributed by atoms with Crippen LogP contribution in [-0.2, 0) is 19.3 Å². The molecule has 0 bridgehead atoms. The highest BCUT2D eigenvalue weighted by Crippen LogP contribution is 2.36. The van der Waals surface area contributed by atoms with Crippen molar-refractivity contribution in [2.75, 3.05) is 0 Å². The van der Waals surface area contributed by atoms with Crippen molar-refractivity contribution >= 4 is 0 Å². The van der Waals surface area contributed by atoms with E-state index >= 15 is 0 Å². The van der Waals surface area contributed by atoms with Crippen molar-refractivity contribution in [2.45, 2.75) is 40.0 Å². The molecule has 0 atom stereocenters. The SMILES string of the molecule is CCc1ccccc1-c1c(CC)ccc(O)c1CC. The van der Waals surface area contributed by atoms with Gasteiger partial charge in [-0.15, -0.1) is 0 Å². The second-order valence-corrected chi connectivity index (χ2v) is 4.82. The average Bonchev–Trinajstić information content (AvgIpc) is 2.46. The monoisotopic (exact) mass is 254 g/mol. The van der Waals surface area contributed by atoms with Crippen LogP contribution in [0.3, 0.4) is 0 Å². The largest absolute Gasteiger partial charge is 0.508 e. The van der Waals surface area contributed by atoms with Gasteiger partial charge in [-0.3, -0.25) is 0 Å².